The highest BCUT2D eigenvalue weighted by Crippen LogP contribution is 2.29. The molecule has 2 N–H and O–H groups in total. The van der Waals surface area contributed by atoms with Gasteiger partial charge in [0.15, 0.2) is 0 Å². The maximum absolute atomic E-state index is 11.4. The first-order valence-corrected chi connectivity index (χ1v) is 4.76. The fourth-order valence-electron chi connectivity index (χ4n) is 1.58. The second kappa shape index (κ2) is 3.01. The van der Waals surface area contributed by atoms with E-state index in [1.54, 1.807) is 0 Å². The van der Waals surface area contributed by atoms with Crippen LogP contribution in [0.4, 0.5) is 11.4 Å². The van der Waals surface area contributed by atoms with Crippen molar-refractivity contribution in [3.05, 3.63) is 23.3 Å². The van der Waals surface area contributed by atoms with Crippen molar-refractivity contribution >= 4 is 17.3 Å². The zero-order chi connectivity index (χ0) is 10.3. The summed E-state index contributed by atoms with van der Waals surface area (Å²) in [6, 6.07) is 3.92. The first-order chi connectivity index (χ1) is 6.58. The summed E-state index contributed by atoms with van der Waals surface area (Å²) in [6.45, 7) is 5.96. The maximum Gasteiger partial charge on any atom is 0.246 e. The monoisotopic (exact) mass is 190 g/mol. The third kappa shape index (κ3) is 1.35. The Morgan fingerprint density at radius 1 is 1.14 bits per heavy atom. The van der Waals surface area contributed by atoms with Crippen LogP contribution in [-0.2, 0) is 4.79 Å². The van der Waals surface area contributed by atoms with Crippen LogP contribution >= 0.6 is 0 Å². The summed E-state index contributed by atoms with van der Waals surface area (Å²) in [5.74, 6) is 0.0285. The van der Waals surface area contributed by atoms with Crippen LogP contribution in [-0.4, -0.2) is 11.9 Å². The molecular weight excluding hydrogens is 176 g/mol. The van der Waals surface area contributed by atoms with Gasteiger partial charge in [-0.3, -0.25) is 4.79 Å². The van der Waals surface area contributed by atoms with Crippen molar-refractivity contribution in [3.63, 3.8) is 0 Å². The SMILES string of the molecule is Cc1cc2c(cc1C)N[C@H](C)C(=O)N2. The number of rotatable bonds is 0. The van der Waals surface area contributed by atoms with Gasteiger partial charge in [0.2, 0.25) is 5.91 Å². The highest BCUT2D eigenvalue weighted by atomic mass is 16.2. The van der Waals surface area contributed by atoms with E-state index in [-0.39, 0.29) is 11.9 Å². The predicted molar refractivity (Wildman–Crippen MR) is 57.6 cm³/mol. The van der Waals surface area contributed by atoms with Gasteiger partial charge in [0.1, 0.15) is 6.04 Å². The molecule has 0 radical (unpaired) electrons. The largest absolute Gasteiger partial charge is 0.372 e. The van der Waals surface area contributed by atoms with E-state index >= 15 is 0 Å². The molecule has 1 amide bonds. The van der Waals surface area contributed by atoms with Gasteiger partial charge in [-0.05, 0) is 44.0 Å². The van der Waals surface area contributed by atoms with E-state index in [9.17, 15) is 4.79 Å². The summed E-state index contributed by atoms with van der Waals surface area (Å²) >= 11 is 0. The van der Waals surface area contributed by atoms with Gasteiger partial charge in [-0.25, -0.2) is 0 Å². The van der Waals surface area contributed by atoms with Gasteiger partial charge in [0, 0.05) is 0 Å². The van der Waals surface area contributed by atoms with Crippen molar-refractivity contribution in [2.75, 3.05) is 10.6 Å². The highest BCUT2D eigenvalue weighted by Gasteiger charge is 2.21. The number of carbonyl (C=O) groups is 1. The molecule has 1 aromatic carbocycles. The number of amides is 1. The van der Waals surface area contributed by atoms with E-state index in [1.807, 2.05) is 19.9 Å². The number of hydrogen-bond acceptors (Lipinski definition) is 2. The Labute approximate surface area is 83.5 Å². The molecule has 0 aliphatic carbocycles. The lowest BCUT2D eigenvalue weighted by Crippen LogP contribution is -2.36. The number of carbonyl (C=O) groups excluding carboxylic acids is 1. The number of hydrogen-bond donors (Lipinski definition) is 2. The molecule has 0 spiro atoms. The first kappa shape index (κ1) is 9.06. The summed E-state index contributed by atoms with van der Waals surface area (Å²) in [4.78, 5) is 11.4. The van der Waals surface area contributed by atoms with Gasteiger partial charge in [0.05, 0.1) is 11.4 Å². The second-order valence-corrected chi connectivity index (χ2v) is 3.84. The van der Waals surface area contributed by atoms with Crippen molar-refractivity contribution in [1.29, 1.82) is 0 Å². The van der Waals surface area contributed by atoms with Crippen molar-refractivity contribution in [3.8, 4) is 0 Å². The highest BCUT2D eigenvalue weighted by molar-refractivity contribution is 6.02. The quantitative estimate of drug-likeness (QED) is 0.657. The summed E-state index contributed by atoms with van der Waals surface area (Å²) in [5.41, 5.74) is 4.33. The van der Waals surface area contributed by atoms with E-state index in [1.165, 1.54) is 11.1 Å². The van der Waals surface area contributed by atoms with Gasteiger partial charge >= 0.3 is 0 Å². The summed E-state index contributed by atoms with van der Waals surface area (Å²) in [5, 5.41) is 6.04. The van der Waals surface area contributed by atoms with E-state index in [2.05, 4.69) is 23.6 Å². The third-order valence-corrected chi connectivity index (χ3v) is 2.66. The van der Waals surface area contributed by atoms with Crippen molar-refractivity contribution < 1.29 is 4.79 Å². The molecule has 3 heteroatoms. The van der Waals surface area contributed by atoms with E-state index in [4.69, 9.17) is 0 Å². The lowest BCUT2D eigenvalue weighted by molar-refractivity contribution is -0.116. The molecule has 1 aromatic rings. The van der Waals surface area contributed by atoms with Crippen molar-refractivity contribution in [1.82, 2.24) is 0 Å². The standard InChI is InChI=1S/C11H14N2O/c1-6-4-9-10(5-7(6)2)13-11(14)8(3)12-9/h4-5,8,12H,1-3H3,(H,13,14)/t8-/m1/s1. The number of benzene rings is 1. The van der Waals surface area contributed by atoms with Crippen molar-refractivity contribution in [2.45, 2.75) is 26.8 Å². The van der Waals surface area contributed by atoms with Crippen LogP contribution in [0.5, 0.6) is 0 Å². The average Bonchev–Trinajstić information content (AvgIpc) is 2.11. The van der Waals surface area contributed by atoms with Crippen LogP contribution in [0.2, 0.25) is 0 Å². The Bertz CT molecular complexity index is 399. The lowest BCUT2D eigenvalue weighted by Gasteiger charge is -2.25. The molecule has 1 atom stereocenters. The Balaban J connectivity index is 2.47. The molecule has 74 valence electrons. The molecule has 1 aliphatic heterocycles. The van der Waals surface area contributed by atoms with Crippen LogP contribution in [0.1, 0.15) is 18.1 Å². The van der Waals surface area contributed by atoms with Gasteiger partial charge in [-0.2, -0.15) is 0 Å². The molecule has 0 saturated carbocycles. The molecule has 0 aromatic heterocycles. The molecule has 14 heavy (non-hydrogen) atoms. The van der Waals surface area contributed by atoms with Crippen LogP contribution in [0.15, 0.2) is 12.1 Å². The number of aryl methyl sites for hydroxylation is 2. The molecule has 0 saturated heterocycles. The minimum absolute atomic E-state index is 0.0285. The molecule has 3 nitrogen and oxygen atoms in total. The van der Waals surface area contributed by atoms with E-state index in [0.717, 1.165) is 11.4 Å². The first-order valence-electron chi connectivity index (χ1n) is 4.76. The fraction of sp³-hybridized carbons (Fsp3) is 0.364. The molecule has 1 heterocycles. The lowest BCUT2D eigenvalue weighted by atomic mass is 10.1. The minimum Gasteiger partial charge on any atom is -0.372 e. The van der Waals surface area contributed by atoms with Gasteiger partial charge in [0.25, 0.3) is 0 Å². The fourth-order valence-corrected chi connectivity index (χ4v) is 1.58. The Morgan fingerprint density at radius 3 is 2.36 bits per heavy atom. The molecule has 0 unspecified atom stereocenters. The minimum atomic E-state index is -0.149. The van der Waals surface area contributed by atoms with Crippen LogP contribution < -0.4 is 10.6 Å². The van der Waals surface area contributed by atoms with Gasteiger partial charge in [-0.1, -0.05) is 0 Å². The van der Waals surface area contributed by atoms with Crippen molar-refractivity contribution in [2.24, 2.45) is 0 Å². The zero-order valence-electron chi connectivity index (χ0n) is 8.64. The molecule has 1 aliphatic rings. The van der Waals surface area contributed by atoms with Gasteiger partial charge < -0.3 is 10.6 Å². The predicted octanol–water partition coefficient (Wildman–Crippen LogP) is 2.06. The topological polar surface area (TPSA) is 41.1 Å². The zero-order valence-corrected chi connectivity index (χ0v) is 8.64. The molecular formula is C11H14N2O. The normalized spacial score (nSPS) is 19.6. The number of anilines is 2. The van der Waals surface area contributed by atoms with Gasteiger partial charge in [-0.15, -0.1) is 0 Å². The second-order valence-electron chi connectivity index (χ2n) is 3.84. The van der Waals surface area contributed by atoms with E-state index < -0.39 is 0 Å². The number of fused-ring (bicyclic) bond motifs is 1. The maximum atomic E-state index is 11.4. The van der Waals surface area contributed by atoms with E-state index in [0.29, 0.717) is 0 Å². The summed E-state index contributed by atoms with van der Waals surface area (Å²) < 4.78 is 0. The van der Waals surface area contributed by atoms with Crippen LogP contribution in [0.25, 0.3) is 0 Å². The smallest absolute Gasteiger partial charge is 0.246 e. The summed E-state index contributed by atoms with van der Waals surface area (Å²) in [6.07, 6.45) is 0. The Hall–Kier alpha value is -1.51. The average molecular weight is 190 g/mol. The Morgan fingerprint density at radius 2 is 1.71 bits per heavy atom. The molecule has 2 rings (SSSR count). The van der Waals surface area contributed by atoms with Crippen LogP contribution in [0, 0.1) is 13.8 Å². The number of nitrogens with one attached hydrogen (secondary N) is 2. The molecule has 0 bridgehead atoms. The van der Waals surface area contributed by atoms with Crippen LogP contribution in [0.3, 0.4) is 0 Å². The molecule has 0 fully saturated rings. The summed E-state index contributed by atoms with van der Waals surface area (Å²) in [7, 11) is 0. The Kier molecular flexibility index (Phi) is 1.95. The third-order valence-electron chi connectivity index (χ3n) is 2.66.